The Balaban J connectivity index is 2.30. The summed E-state index contributed by atoms with van der Waals surface area (Å²) in [5, 5.41) is 2.86. The Hall–Kier alpha value is -2.14. The first-order valence-electron chi connectivity index (χ1n) is 5.07. The number of carbonyl (C=O) groups is 1. The Bertz CT molecular complexity index is 698. The van der Waals surface area contributed by atoms with Crippen LogP contribution in [-0.2, 0) is 0 Å². The first-order valence-corrected chi connectivity index (χ1v) is 5.95. The van der Waals surface area contributed by atoms with Crippen molar-refractivity contribution in [2.75, 3.05) is 0 Å². The van der Waals surface area contributed by atoms with Crippen LogP contribution >= 0.6 is 11.3 Å². The second-order valence-electron chi connectivity index (χ2n) is 3.63. The van der Waals surface area contributed by atoms with Gasteiger partial charge in [0.25, 0.3) is 5.91 Å². The molecule has 0 aliphatic heterocycles. The molecule has 5 heteroatoms. The highest BCUT2D eigenvalue weighted by Gasteiger charge is 2.14. The Kier molecular flexibility index (Phi) is 2.19. The fourth-order valence-corrected chi connectivity index (χ4v) is 2.67. The van der Waals surface area contributed by atoms with E-state index in [1.54, 1.807) is 6.20 Å². The van der Waals surface area contributed by atoms with Gasteiger partial charge in [0.1, 0.15) is 5.65 Å². The second-order valence-corrected chi connectivity index (χ2v) is 4.54. The zero-order valence-corrected chi connectivity index (χ0v) is 9.62. The van der Waals surface area contributed by atoms with E-state index in [1.165, 1.54) is 11.3 Å². The summed E-state index contributed by atoms with van der Waals surface area (Å²) < 4.78 is 0. The number of thiophene rings is 1. The van der Waals surface area contributed by atoms with Crippen LogP contribution < -0.4 is 5.73 Å². The van der Waals surface area contributed by atoms with Crippen LogP contribution in [-0.4, -0.2) is 15.9 Å². The van der Waals surface area contributed by atoms with E-state index in [0.717, 1.165) is 22.2 Å². The molecule has 0 saturated heterocycles. The molecule has 4 nitrogen and oxygen atoms in total. The van der Waals surface area contributed by atoms with E-state index in [4.69, 9.17) is 5.73 Å². The van der Waals surface area contributed by atoms with Gasteiger partial charge in [-0.1, -0.05) is 0 Å². The summed E-state index contributed by atoms with van der Waals surface area (Å²) in [6, 6.07) is 5.75. The molecule has 0 aromatic carbocycles. The van der Waals surface area contributed by atoms with Crippen molar-refractivity contribution in [3.8, 4) is 11.1 Å². The number of H-pyrrole nitrogens is 1. The first kappa shape index (κ1) is 10.0. The molecule has 0 saturated carbocycles. The Morgan fingerprint density at radius 3 is 3.00 bits per heavy atom. The smallest absolute Gasteiger partial charge is 0.259 e. The van der Waals surface area contributed by atoms with E-state index < -0.39 is 5.91 Å². The monoisotopic (exact) mass is 243 g/mol. The molecule has 3 aromatic rings. The molecular weight excluding hydrogens is 234 g/mol. The number of nitrogens with two attached hydrogens (primary N) is 1. The number of rotatable bonds is 2. The molecule has 17 heavy (non-hydrogen) atoms. The normalized spacial score (nSPS) is 10.8. The van der Waals surface area contributed by atoms with Crippen LogP contribution in [0.4, 0.5) is 0 Å². The molecule has 0 radical (unpaired) electrons. The standard InChI is InChI=1S/C12H9N3OS/c13-11(16)10-8(3-6-17-10)7-1-4-14-12-9(7)2-5-15-12/h1-6H,(H2,13,16)(H,14,15). The average Bonchev–Trinajstić information content (AvgIpc) is 2.97. The van der Waals surface area contributed by atoms with Crippen LogP contribution in [0, 0.1) is 0 Å². The highest BCUT2D eigenvalue weighted by Crippen LogP contribution is 2.32. The van der Waals surface area contributed by atoms with Crippen molar-refractivity contribution >= 4 is 28.3 Å². The Labute approximate surface area is 101 Å². The van der Waals surface area contributed by atoms with Gasteiger partial charge in [-0.2, -0.15) is 0 Å². The van der Waals surface area contributed by atoms with Crippen molar-refractivity contribution in [1.29, 1.82) is 0 Å². The topological polar surface area (TPSA) is 71.8 Å². The number of nitrogens with zero attached hydrogens (tertiary/aromatic N) is 1. The van der Waals surface area contributed by atoms with Crippen molar-refractivity contribution < 1.29 is 4.79 Å². The zero-order chi connectivity index (χ0) is 11.8. The van der Waals surface area contributed by atoms with E-state index in [1.807, 2.05) is 29.8 Å². The van der Waals surface area contributed by atoms with Gasteiger partial charge in [-0.15, -0.1) is 11.3 Å². The van der Waals surface area contributed by atoms with Crippen LogP contribution in [0.25, 0.3) is 22.2 Å². The van der Waals surface area contributed by atoms with E-state index >= 15 is 0 Å². The molecule has 84 valence electrons. The molecule has 0 aliphatic rings. The van der Waals surface area contributed by atoms with E-state index in [9.17, 15) is 4.79 Å². The summed E-state index contributed by atoms with van der Waals surface area (Å²) in [6.45, 7) is 0. The molecule has 3 N–H and O–H groups in total. The molecule has 0 unspecified atom stereocenters. The highest BCUT2D eigenvalue weighted by molar-refractivity contribution is 7.12. The molecule has 0 atom stereocenters. The maximum atomic E-state index is 11.3. The summed E-state index contributed by atoms with van der Waals surface area (Å²) in [4.78, 5) is 19.2. The van der Waals surface area contributed by atoms with Gasteiger partial charge < -0.3 is 10.7 Å². The molecular formula is C12H9N3OS. The van der Waals surface area contributed by atoms with Crippen LogP contribution in [0.3, 0.4) is 0 Å². The fourth-order valence-electron chi connectivity index (χ4n) is 1.91. The lowest BCUT2D eigenvalue weighted by Crippen LogP contribution is -2.09. The third-order valence-electron chi connectivity index (χ3n) is 2.64. The number of hydrogen-bond donors (Lipinski definition) is 2. The Morgan fingerprint density at radius 2 is 2.18 bits per heavy atom. The number of primary amides is 1. The maximum Gasteiger partial charge on any atom is 0.259 e. The van der Waals surface area contributed by atoms with Crippen LogP contribution in [0.15, 0.2) is 36.0 Å². The Morgan fingerprint density at radius 1 is 1.29 bits per heavy atom. The molecule has 1 amide bonds. The summed E-state index contributed by atoms with van der Waals surface area (Å²) >= 11 is 1.36. The highest BCUT2D eigenvalue weighted by atomic mass is 32.1. The largest absolute Gasteiger partial charge is 0.365 e. The zero-order valence-electron chi connectivity index (χ0n) is 8.81. The van der Waals surface area contributed by atoms with Crippen molar-refractivity contribution in [1.82, 2.24) is 9.97 Å². The van der Waals surface area contributed by atoms with Gasteiger partial charge in [0.2, 0.25) is 0 Å². The van der Waals surface area contributed by atoms with E-state index in [2.05, 4.69) is 9.97 Å². The van der Waals surface area contributed by atoms with Crippen molar-refractivity contribution in [2.24, 2.45) is 5.73 Å². The van der Waals surface area contributed by atoms with Gasteiger partial charge in [0, 0.05) is 23.3 Å². The van der Waals surface area contributed by atoms with Gasteiger partial charge >= 0.3 is 0 Å². The summed E-state index contributed by atoms with van der Waals surface area (Å²) in [5.41, 5.74) is 8.02. The van der Waals surface area contributed by atoms with Crippen LogP contribution in [0.2, 0.25) is 0 Å². The van der Waals surface area contributed by atoms with E-state index in [-0.39, 0.29) is 0 Å². The lowest BCUT2D eigenvalue weighted by atomic mass is 10.0. The number of nitrogens with one attached hydrogen (secondary N) is 1. The first-order chi connectivity index (χ1) is 8.27. The minimum absolute atomic E-state index is 0.393. The molecule has 3 aromatic heterocycles. The second kappa shape index (κ2) is 3.71. The molecule has 0 aliphatic carbocycles. The van der Waals surface area contributed by atoms with Gasteiger partial charge in [-0.25, -0.2) is 4.98 Å². The third-order valence-corrected chi connectivity index (χ3v) is 3.57. The lowest BCUT2D eigenvalue weighted by Gasteiger charge is -2.02. The van der Waals surface area contributed by atoms with E-state index in [0.29, 0.717) is 4.88 Å². The van der Waals surface area contributed by atoms with Gasteiger partial charge in [0.05, 0.1) is 4.88 Å². The van der Waals surface area contributed by atoms with Gasteiger partial charge in [-0.05, 0) is 29.1 Å². The molecule has 0 bridgehead atoms. The summed E-state index contributed by atoms with van der Waals surface area (Å²) in [5.74, 6) is -0.393. The number of amides is 1. The van der Waals surface area contributed by atoms with Crippen molar-refractivity contribution in [3.63, 3.8) is 0 Å². The van der Waals surface area contributed by atoms with Crippen molar-refractivity contribution in [3.05, 3.63) is 40.8 Å². The SMILES string of the molecule is NC(=O)c1sccc1-c1ccnc2[nH]ccc12. The predicted octanol–water partition coefficient (Wildman–Crippen LogP) is 2.39. The molecule has 3 heterocycles. The number of fused-ring (bicyclic) bond motifs is 1. The van der Waals surface area contributed by atoms with Crippen molar-refractivity contribution in [2.45, 2.75) is 0 Å². The minimum atomic E-state index is -0.393. The number of pyridine rings is 1. The summed E-state index contributed by atoms with van der Waals surface area (Å²) in [7, 11) is 0. The number of carbonyl (C=O) groups excluding carboxylic acids is 1. The van der Waals surface area contributed by atoms with Crippen LogP contribution in [0.5, 0.6) is 0 Å². The van der Waals surface area contributed by atoms with Gasteiger partial charge in [-0.3, -0.25) is 4.79 Å². The molecule has 0 fully saturated rings. The maximum absolute atomic E-state index is 11.3. The lowest BCUT2D eigenvalue weighted by molar-refractivity contribution is 0.100. The third kappa shape index (κ3) is 1.52. The number of hydrogen-bond acceptors (Lipinski definition) is 3. The van der Waals surface area contributed by atoms with Crippen LogP contribution in [0.1, 0.15) is 9.67 Å². The number of aromatic nitrogens is 2. The quantitative estimate of drug-likeness (QED) is 0.725. The number of aromatic amines is 1. The average molecular weight is 243 g/mol. The minimum Gasteiger partial charge on any atom is -0.365 e. The van der Waals surface area contributed by atoms with Gasteiger partial charge in [0.15, 0.2) is 0 Å². The predicted molar refractivity (Wildman–Crippen MR) is 67.9 cm³/mol. The summed E-state index contributed by atoms with van der Waals surface area (Å²) in [6.07, 6.45) is 3.55. The molecule has 0 spiro atoms. The molecule has 3 rings (SSSR count). The fraction of sp³-hybridized carbons (Fsp3) is 0.